The van der Waals surface area contributed by atoms with Crippen LogP contribution in [0.5, 0.6) is 11.5 Å². The van der Waals surface area contributed by atoms with Crippen molar-refractivity contribution in [3.8, 4) is 22.8 Å². The van der Waals surface area contributed by atoms with Gasteiger partial charge in [-0.2, -0.15) is 13.2 Å². The molecule has 0 radical (unpaired) electrons. The van der Waals surface area contributed by atoms with E-state index in [1.165, 1.54) is 13.0 Å². The number of nitrogen functional groups attached to an aromatic ring is 1. The van der Waals surface area contributed by atoms with Crippen LogP contribution in [0.25, 0.3) is 11.3 Å². The predicted molar refractivity (Wildman–Crippen MR) is 151 cm³/mol. The minimum atomic E-state index is -4.86. The highest BCUT2D eigenvalue weighted by molar-refractivity contribution is 5.96. The number of methoxy groups -OCH3 is 3. The molecule has 0 bridgehead atoms. The van der Waals surface area contributed by atoms with Gasteiger partial charge in [-0.25, -0.2) is 14.2 Å². The molecule has 0 amide bonds. The smallest absolute Gasteiger partial charge is 0.418 e. The lowest BCUT2D eigenvalue weighted by molar-refractivity contribution is -0.137. The van der Waals surface area contributed by atoms with Crippen LogP contribution in [0.1, 0.15) is 32.6 Å². The van der Waals surface area contributed by atoms with Gasteiger partial charge in [-0.3, -0.25) is 0 Å². The van der Waals surface area contributed by atoms with Crippen molar-refractivity contribution in [1.82, 2.24) is 4.98 Å². The molecular weight excluding hydrogens is 554 g/mol. The molecule has 220 valence electrons. The molecule has 11 heteroatoms. The quantitative estimate of drug-likeness (QED) is 0.132. The Bertz CT molecular complexity index is 1520. The number of hydrogen-bond donors (Lipinski definition) is 1. The summed E-state index contributed by atoms with van der Waals surface area (Å²) in [6, 6.07) is 17.9. The van der Waals surface area contributed by atoms with Gasteiger partial charge in [0.25, 0.3) is 0 Å². The maximum Gasteiger partial charge on any atom is 0.418 e. The minimum Gasteiger partial charge on any atom is -0.497 e. The molecule has 0 aliphatic carbocycles. The monoisotopic (exact) mass is 583 g/mol. The molecule has 3 aromatic carbocycles. The van der Waals surface area contributed by atoms with Crippen LogP contribution in [0, 0.1) is 12.7 Å². The van der Waals surface area contributed by atoms with Gasteiger partial charge >= 0.3 is 12.1 Å². The molecule has 0 unspecified atom stereocenters. The van der Waals surface area contributed by atoms with E-state index in [1.807, 2.05) is 24.3 Å². The van der Waals surface area contributed by atoms with E-state index >= 15 is 4.39 Å². The number of hydrogen-bond acceptors (Lipinski definition) is 7. The first-order valence-corrected chi connectivity index (χ1v) is 12.7. The molecule has 0 aliphatic heterocycles. The zero-order chi connectivity index (χ0) is 30.6. The van der Waals surface area contributed by atoms with E-state index in [9.17, 15) is 18.0 Å². The number of aryl methyl sites for hydroxylation is 1. The van der Waals surface area contributed by atoms with Gasteiger partial charge in [0.05, 0.1) is 43.8 Å². The van der Waals surface area contributed by atoms with Crippen molar-refractivity contribution in [1.29, 1.82) is 0 Å². The highest BCUT2D eigenvalue weighted by atomic mass is 19.4. The van der Waals surface area contributed by atoms with E-state index in [0.29, 0.717) is 11.5 Å². The van der Waals surface area contributed by atoms with E-state index < -0.39 is 40.5 Å². The van der Waals surface area contributed by atoms with Gasteiger partial charge in [-0.15, -0.1) is 0 Å². The molecule has 0 atom stereocenters. The Labute approximate surface area is 240 Å². The molecule has 0 saturated carbocycles. The fraction of sp³-hybridized carbons (Fsp3) is 0.226. The van der Waals surface area contributed by atoms with Crippen molar-refractivity contribution in [3.63, 3.8) is 0 Å². The molecule has 7 nitrogen and oxygen atoms in total. The van der Waals surface area contributed by atoms with Crippen LogP contribution in [-0.2, 0) is 24.0 Å². The van der Waals surface area contributed by atoms with Crippen molar-refractivity contribution in [2.45, 2.75) is 26.2 Å². The van der Waals surface area contributed by atoms with Gasteiger partial charge in [-0.05, 0) is 66.1 Å². The average molecular weight is 584 g/mol. The molecule has 1 aromatic heterocycles. The first kappa shape index (κ1) is 30.2. The number of pyridine rings is 1. The lowest BCUT2D eigenvalue weighted by atomic mass is 9.98. The number of halogens is 4. The van der Waals surface area contributed by atoms with Gasteiger partial charge in [0.1, 0.15) is 17.3 Å². The Balaban J connectivity index is 1.88. The summed E-state index contributed by atoms with van der Waals surface area (Å²) in [6.45, 7) is 1.82. The first-order valence-electron chi connectivity index (χ1n) is 12.7. The third kappa shape index (κ3) is 6.40. The lowest BCUT2D eigenvalue weighted by Gasteiger charge is -2.27. The van der Waals surface area contributed by atoms with Gasteiger partial charge in [0.2, 0.25) is 0 Å². The van der Waals surface area contributed by atoms with Crippen LogP contribution in [0.15, 0.2) is 66.7 Å². The zero-order valence-corrected chi connectivity index (χ0v) is 23.4. The SMILES string of the molecule is COC(=O)c1ccc(-c2nc(N(Cc3ccc(OC)cc3)Cc3ccc(OC)cc3)cc(C)c2C(F)(F)F)c(F)c1N. The largest absolute Gasteiger partial charge is 0.497 e. The summed E-state index contributed by atoms with van der Waals surface area (Å²) in [5.74, 6) is -0.650. The van der Waals surface area contributed by atoms with Crippen molar-refractivity contribution < 1.29 is 36.6 Å². The second kappa shape index (κ2) is 12.4. The number of nitrogens with zero attached hydrogens (tertiary/aromatic N) is 2. The van der Waals surface area contributed by atoms with Crippen LogP contribution in [0.2, 0.25) is 0 Å². The Morgan fingerprint density at radius 2 is 1.40 bits per heavy atom. The van der Waals surface area contributed by atoms with Crippen LogP contribution >= 0.6 is 0 Å². The number of benzene rings is 3. The van der Waals surface area contributed by atoms with Crippen molar-refractivity contribution in [2.75, 3.05) is 32.0 Å². The summed E-state index contributed by atoms with van der Waals surface area (Å²) in [5, 5.41) is 0. The topological polar surface area (TPSA) is 86.9 Å². The molecule has 0 spiro atoms. The van der Waals surface area contributed by atoms with Crippen LogP contribution < -0.4 is 20.1 Å². The summed E-state index contributed by atoms with van der Waals surface area (Å²) in [4.78, 5) is 18.2. The molecule has 0 aliphatic rings. The van der Waals surface area contributed by atoms with Crippen LogP contribution in [0.4, 0.5) is 29.1 Å². The second-order valence-corrected chi connectivity index (χ2v) is 9.45. The highest BCUT2D eigenvalue weighted by Gasteiger charge is 2.38. The molecule has 4 aromatic rings. The van der Waals surface area contributed by atoms with Crippen molar-refractivity contribution in [3.05, 3.63) is 100 Å². The summed E-state index contributed by atoms with van der Waals surface area (Å²) < 4.78 is 73.7. The summed E-state index contributed by atoms with van der Waals surface area (Å²) in [5.41, 5.74) is 4.15. The molecule has 1 heterocycles. The van der Waals surface area contributed by atoms with Crippen molar-refractivity contribution >= 4 is 17.5 Å². The van der Waals surface area contributed by atoms with Gasteiger partial charge in [0.15, 0.2) is 5.82 Å². The lowest BCUT2D eigenvalue weighted by Crippen LogP contribution is -2.24. The zero-order valence-electron chi connectivity index (χ0n) is 23.4. The van der Waals surface area contributed by atoms with E-state index in [-0.39, 0.29) is 30.0 Å². The number of anilines is 2. The molecule has 42 heavy (non-hydrogen) atoms. The van der Waals surface area contributed by atoms with Crippen molar-refractivity contribution in [2.24, 2.45) is 0 Å². The Kier molecular flexibility index (Phi) is 8.89. The predicted octanol–water partition coefficient (Wildman–Crippen LogP) is 6.81. The van der Waals surface area contributed by atoms with E-state index in [1.54, 1.807) is 43.4 Å². The normalized spacial score (nSPS) is 11.2. The second-order valence-electron chi connectivity index (χ2n) is 9.45. The third-order valence-electron chi connectivity index (χ3n) is 6.72. The summed E-state index contributed by atoms with van der Waals surface area (Å²) >= 11 is 0. The molecule has 0 fully saturated rings. The number of ether oxygens (including phenoxy) is 3. The number of rotatable bonds is 9. The van der Waals surface area contributed by atoms with E-state index in [0.717, 1.165) is 30.4 Å². The number of aromatic nitrogens is 1. The fourth-order valence-corrected chi connectivity index (χ4v) is 4.55. The van der Waals surface area contributed by atoms with Crippen LogP contribution in [-0.4, -0.2) is 32.3 Å². The average Bonchev–Trinajstić information content (AvgIpc) is 2.97. The number of esters is 1. The Hall–Kier alpha value is -4.80. The molecule has 0 saturated heterocycles. The van der Waals surface area contributed by atoms with E-state index in [4.69, 9.17) is 15.2 Å². The summed E-state index contributed by atoms with van der Waals surface area (Å²) in [6.07, 6.45) is -4.86. The number of alkyl halides is 3. The summed E-state index contributed by atoms with van der Waals surface area (Å²) in [7, 11) is 4.18. The maximum absolute atomic E-state index is 15.5. The minimum absolute atomic E-state index is 0.160. The molecule has 2 N–H and O–H groups in total. The number of carbonyl (C=O) groups is 1. The third-order valence-corrected chi connectivity index (χ3v) is 6.72. The first-order chi connectivity index (χ1) is 20.0. The maximum atomic E-state index is 15.5. The molecule has 4 rings (SSSR count). The van der Waals surface area contributed by atoms with E-state index in [2.05, 4.69) is 9.72 Å². The Morgan fingerprint density at radius 3 is 1.86 bits per heavy atom. The van der Waals surface area contributed by atoms with Crippen LogP contribution in [0.3, 0.4) is 0 Å². The fourth-order valence-electron chi connectivity index (χ4n) is 4.55. The highest BCUT2D eigenvalue weighted by Crippen LogP contribution is 2.42. The Morgan fingerprint density at radius 1 is 0.881 bits per heavy atom. The number of nitrogens with two attached hydrogens (primary N) is 1. The number of carbonyl (C=O) groups excluding carboxylic acids is 1. The standard InChI is InChI=1S/C31H29F4N3O4/c1-18-15-25(37-29(26(18)31(33,34)35)23-13-14-24(30(39)42-4)28(36)27(23)32)38(16-19-5-9-21(40-2)10-6-19)17-20-7-11-22(41-3)12-8-20/h5-15H,16-17,36H2,1-4H3. The van der Waals surface area contributed by atoms with Gasteiger partial charge in [0, 0.05) is 18.7 Å². The van der Waals surface area contributed by atoms with Gasteiger partial charge in [-0.1, -0.05) is 24.3 Å². The molecular formula is C31H29F4N3O4. The van der Waals surface area contributed by atoms with Gasteiger partial charge < -0.3 is 24.8 Å².